The van der Waals surface area contributed by atoms with Crippen LogP contribution in [0.4, 0.5) is 13.2 Å². The highest BCUT2D eigenvalue weighted by Crippen LogP contribution is 2.30. The summed E-state index contributed by atoms with van der Waals surface area (Å²) in [4.78, 5) is 0. The van der Waals surface area contributed by atoms with Crippen LogP contribution in [0.2, 0.25) is 0 Å². The topological polar surface area (TPSA) is 47.6 Å². The van der Waals surface area contributed by atoms with Crippen molar-refractivity contribution in [2.45, 2.75) is 25.9 Å². The van der Waals surface area contributed by atoms with Gasteiger partial charge in [-0.15, -0.1) is 0 Å². The average molecular weight is 438 g/mol. The lowest BCUT2D eigenvalue weighted by Gasteiger charge is -2.09. The Labute approximate surface area is 190 Å². The lowest BCUT2D eigenvalue weighted by molar-refractivity contribution is -0.137. The minimum absolute atomic E-state index is 0.166. The van der Waals surface area contributed by atoms with Crippen LogP contribution in [0, 0.1) is 53.3 Å². The van der Waals surface area contributed by atoms with E-state index in [0.717, 1.165) is 34.4 Å². The smallest absolute Gasteiger partial charge is 0.198 e. The fraction of sp³-hybridized carbons (Fsp3) is 0.143. The quantitative estimate of drug-likeness (QED) is 0.465. The van der Waals surface area contributed by atoms with Crippen molar-refractivity contribution < 1.29 is 13.2 Å². The number of aryl methyl sites for hydroxylation is 1. The first kappa shape index (κ1) is 23.2. The maximum absolute atomic E-state index is 13.0. The van der Waals surface area contributed by atoms with Gasteiger partial charge in [-0.25, -0.2) is 0 Å². The van der Waals surface area contributed by atoms with Gasteiger partial charge in [0.25, 0.3) is 0 Å². The van der Waals surface area contributed by atoms with Gasteiger partial charge < -0.3 is 0 Å². The predicted molar refractivity (Wildman–Crippen MR) is 120 cm³/mol. The van der Waals surface area contributed by atoms with Crippen LogP contribution in [0.25, 0.3) is 0 Å². The highest BCUT2D eigenvalue weighted by molar-refractivity contribution is 5.53. The van der Waals surface area contributed by atoms with Gasteiger partial charge >= 0.3 is 6.18 Å². The Hall–Kier alpha value is -4.45. The Morgan fingerprint density at radius 2 is 1.24 bits per heavy atom. The van der Waals surface area contributed by atoms with Crippen molar-refractivity contribution in [1.29, 1.82) is 10.5 Å². The molecule has 0 spiro atoms. The van der Waals surface area contributed by atoms with Crippen LogP contribution >= 0.6 is 0 Å². The average Bonchev–Trinajstić information content (AvgIpc) is 2.78. The molecule has 0 N–H and O–H groups in total. The molecule has 0 aliphatic carbocycles. The molecular formula is C28H17F3N2. The normalized spacial score (nSPS) is 10.1. The fourth-order valence-electron chi connectivity index (χ4n) is 3.15. The molecule has 33 heavy (non-hydrogen) atoms. The van der Waals surface area contributed by atoms with Crippen molar-refractivity contribution in [3.05, 3.63) is 105 Å². The molecule has 3 aromatic carbocycles. The highest BCUT2D eigenvalue weighted by Gasteiger charge is 2.30. The van der Waals surface area contributed by atoms with Crippen molar-refractivity contribution in [2.24, 2.45) is 0 Å². The molecule has 0 heterocycles. The fourth-order valence-corrected chi connectivity index (χ4v) is 3.15. The summed E-state index contributed by atoms with van der Waals surface area (Å²) in [6, 6.07) is 20.2. The summed E-state index contributed by atoms with van der Waals surface area (Å²) in [6.45, 7) is 1.96. The summed E-state index contributed by atoms with van der Waals surface area (Å²) in [5.41, 5.74) is 3.88. The molecule has 5 heteroatoms. The predicted octanol–water partition coefficient (Wildman–Crippen LogP) is 5.95. The van der Waals surface area contributed by atoms with E-state index in [0.29, 0.717) is 11.1 Å². The van der Waals surface area contributed by atoms with Gasteiger partial charge in [-0.3, -0.25) is 0 Å². The Bertz CT molecular complexity index is 1400. The second kappa shape index (κ2) is 10.2. The van der Waals surface area contributed by atoms with Crippen molar-refractivity contribution >= 4 is 0 Å². The maximum atomic E-state index is 13.0. The van der Waals surface area contributed by atoms with Gasteiger partial charge in [-0.2, -0.15) is 23.7 Å². The second-order valence-corrected chi connectivity index (χ2v) is 7.28. The molecule has 0 aliphatic rings. The molecule has 0 aromatic heterocycles. The molecule has 3 aromatic rings. The van der Waals surface area contributed by atoms with Crippen LogP contribution in [0.3, 0.4) is 0 Å². The van der Waals surface area contributed by atoms with Gasteiger partial charge in [0.15, 0.2) is 0 Å². The van der Waals surface area contributed by atoms with Crippen molar-refractivity contribution in [2.75, 3.05) is 0 Å². The first-order valence-corrected chi connectivity index (χ1v) is 9.98. The Kier molecular flexibility index (Phi) is 7.20. The molecule has 0 saturated carbocycles. The molecule has 0 atom stereocenters. The zero-order chi connectivity index (χ0) is 23.8. The number of nitriles is 2. The van der Waals surface area contributed by atoms with E-state index in [1.54, 1.807) is 18.2 Å². The van der Waals surface area contributed by atoms with E-state index < -0.39 is 11.7 Å². The van der Waals surface area contributed by atoms with Crippen LogP contribution in [-0.4, -0.2) is 0 Å². The molecule has 0 radical (unpaired) electrons. The third-order valence-electron chi connectivity index (χ3n) is 4.78. The van der Waals surface area contributed by atoms with Crippen molar-refractivity contribution in [3.63, 3.8) is 0 Å². The van der Waals surface area contributed by atoms with E-state index in [1.807, 2.05) is 37.3 Å². The zero-order valence-electron chi connectivity index (χ0n) is 17.7. The van der Waals surface area contributed by atoms with Crippen LogP contribution in [0.15, 0.2) is 60.7 Å². The zero-order valence-corrected chi connectivity index (χ0v) is 17.7. The standard InChI is InChI=1S/C28H17F3N2/c1-20-5-8-23(25(17-20)13-15-32)9-6-21-3-2-4-22(18-21)7-10-24-11-12-27(28(29,30)31)19-26(24)14-16-33/h2-5,8,11-12,17-19H,13-14H2,1H3. The summed E-state index contributed by atoms with van der Waals surface area (Å²) in [6.07, 6.45) is -4.37. The number of hydrogen-bond donors (Lipinski definition) is 0. The number of hydrogen-bond acceptors (Lipinski definition) is 2. The van der Waals surface area contributed by atoms with E-state index >= 15 is 0 Å². The van der Waals surface area contributed by atoms with E-state index in [9.17, 15) is 13.2 Å². The number of alkyl halides is 3. The molecule has 0 amide bonds. The van der Waals surface area contributed by atoms with Crippen LogP contribution in [-0.2, 0) is 19.0 Å². The van der Waals surface area contributed by atoms with Crippen LogP contribution in [0.5, 0.6) is 0 Å². The van der Waals surface area contributed by atoms with E-state index in [4.69, 9.17) is 10.5 Å². The molecule has 0 bridgehead atoms. The van der Waals surface area contributed by atoms with Gasteiger partial charge in [-0.05, 0) is 60.5 Å². The molecule has 2 nitrogen and oxygen atoms in total. The molecule has 3 rings (SSSR count). The summed E-state index contributed by atoms with van der Waals surface area (Å²) < 4.78 is 38.9. The highest BCUT2D eigenvalue weighted by atomic mass is 19.4. The largest absolute Gasteiger partial charge is 0.416 e. The van der Waals surface area contributed by atoms with Gasteiger partial charge in [0.1, 0.15) is 0 Å². The first-order chi connectivity index (χ1) is 15.8. The summed E-state index contributed by atoms with van der Waals surface area (Å²) in [5, 5.41) is 18.0. The maximum Gasteiger partial charge on any atom is 0.416 e. The van der Waals surface area contributed by atoms with Crippen LogP contribution < -0.4 is 0 Å². The lowest BCUT2D eigenvalue weighted by Crippen LogP contribution is -2.06. The molecule has 0 unspecified atom stereocenters. The number of nitrogens with zero attached hydrogens (tertiary/aromatic N) is 2. The summed E-state index contributed by atoms with van der Waals surface area (Å²) >= 11 is 0. The molecule has 0 saturated heterocycles. The van der Waals surface area contributed by atoms with Gasteiger partial charge in [0.2, 0.25) is 0 Å². The minimum atomic E-state index is -4.48. The van der Waals surface area contributed by atoms with E-state index in [1.165, 1.54) is 6.07 Å². The Balaban J connectivity index is 1.90. The van der Waals surface area contributed by atoms with Crippen molar-refractivity contribution in [1.82, 2.24) is 0 Å². The minimum Gasteiger partial charge on any atom is -0.198 e. The molecular weight excluding hydrogens is 421 g/mol. The van der Waals surface area contributed by atoms with Gasteiger partial charge in [-0.1, -0.05) is 47.4 Å². The molecule has 160 valence electrons. The first-order valence-electron chi connectivity index (χ1n) is 9.98. The second-order valence-electron chi connectivity index (χ2n) is 7.28. The van der Waals surface area contributed by atoms with Gasteiger partial charge in [0.05, 0.1) is 30.5 Å². The third kappa shape index (κ3) is 6.27. The molecule has 0 aliphatic heterocycles. The Morgan fingerprint density at radius 1 is 0.697 bits per heavy atom. The number of benzene rings is 3. The lowest BCUT2D eigenvalue weighted by atomic mass is 10.0. The number of halogens is 3. The van der Waals surface area contributed by atoms with E-state index in [-0.39, 0.29) is 18.4 Å². The molecule has 0 fully saturated rings. The van der Waals surface area contributed by atoms with E-state index in [2.05, 4.69) is 29.8 Å². The van der Waals surface area contributed by atoms with Crippen molar-refractivity contribution in [3.8, 4) is 35.8 Å². The number of rotatable bonds is 2. The summed E-state index contributed by atoms with van der Waals surface area (Å²) in [7, 11) is 0. The Morgan fingerprint density at radius 3 is 1.79 bits per heavy atom. The third-order valence-corrected chi connectivity index (χ3v) is 4.78. The SMILES string of the molecule is Cc1ccc(C#Cc2cccc(C#Cc3ccc(C(F)(F)F)cc3CC#N)c2)c(CC#N)c1. The summed E-state index contributed by atoms with van der Waals surface area (Å²) in [5.74, 6) is 12.0. The van der Waals surface area contributed by atoms with Gasteiger partial charge in [0, 0.05) is 22.3 Å². The van der Waals surface area contributed by atoms with Crippen LogP contribution in [0.1, 0.15) is 44.5 Å². The monoisotopic (exact) mass is 438 g/mol.